The first-order valence-corrected chi connectivity index (χ1v) is 3.11. The molecule has 0 atom stereocenters. The van der Waals surface area contributed by atoms with E-state index in [9.17, 15) is 0 Å². The second-order valence-electron chi connectivity index (χ2n) is 1.85. The zero-order valence-electron chi connectivity index (χ0n) is 5.43. The third-order valence-electron chi connectivity index (χ3n) is 1.19. The minimum atomic E-state index is 1.14. The largest absolute Gasteiger partial charge is 0.315 e. The van der Waals surface area contributed by atoms with Crippen molar-refractivity contribution >= 4 is 0 Å². The summed E-state index contributed by atoms with van der Waals surface area (Å²) in [6.45, 7) is 4.65. The summed E-state index contributed by atoms with van der Waals surface area (Å²) in [6.07, 6.45) is 1.28. The Morgan fingerprint density at radius 1 is 0.778 bits per heavy atom. The highest BCUT2D eigenvalue weighted by molar-refractivity contribution is 4.57. The molecule has 2 N–H and O–H groups in total. The fraction of sp³-hybridized carbons (Fsp3) is 1.00. The molecular formula is C5H12N4. The molecule has 0 spiro atoms. The predicted octanol–water partition coefficient (Wildman–Crippen LogP) is -0.401. The number of nitrogens with one attached hydrogen (secondary N) is 2. The van der Waals surface area contributed by atoms with E-state index >= 15 is 0 Å². The second kappa shape index (κ2) is 7.34. The van der Waals surface area contributed by atoms with Crippen molar-refractivity contribution in [2.24, 2.45) is 0 Å². The van der Waals surface area contributed by atoms with Crippen molar-refractivity contribution in [3.8, 4) is 0 Å². The maximum atomic E-state index is 6.00. The summed E-state index contributed by atoms with van der Waals surface area (Å²) < 4.78 is 0. The third-order valence-corrected chi connectivity index (χ3v) is 1.19. The SMILES string of the molecule is C1CNCCNC1.N#N. The summed E-state index contributed by atoms with van der Waals surface area (Å²) in [5.41, 5.74) is 0. The van der Waals surface area contributed by atoms with Gasteiger partial charge in [0, 0.05) is 23.9 Å². The normalized spacial score (nSPS) is 18.9. The first-order chi connectivity index (χ1) is 4.50. The quantitative estimate of drug-likeness (QED) is 0.435. The summed E-state index contributed by atoms with van der Waals surface area (Å²) in [7, 11) is 0. The Bertz CT molecular complexity index is 51.0. The van der Waals surface area contributed by atoms with Crippen LogP contribution in [0.15, 0.2) is 0 Å². The van der Waals surface area contributed by atoms with E-state index < -0.39 is 0 Å². The molecule has 0 unspecified atom stereocenters. The number of hydrogen-bond donors (Lipinski definition) is 2. The molecule has 4 nitrogen and oxygen atoms in total. The maximum Gasteiger partial charge on any atom is 0.00767 e. The average Bonchev–Trinajstić information content (AvgIpc) is 2.21. The number of hydrogen-bond acceptors (Lipinski definition) is 4. The van der Waals surface area contributed by atoms with Gasteiger partial charge >= 0.3 is 0 Å². The number of nitrogens with zero attached hydrogens (tertiary/aromatic N) is 2. The molecule has 0 aromatic heterocycles. The van der Waals surface area contributed by atoms with Crippen molar-refractivity contribution in [1.29, 1.82) is 10.8 Å². The van der Waals surface area contributed by atoms with Gasteiger partial charge in [-0.2, -0.15) is 0 Å². The minimum Gasteiger partial charge on any atom is -0.315 e. The molecule has 0 aromatic carbocycles. The summed E-state index contributed by atoms with van der Waals surface area (Å²) >= 11 is 0. The van der Waals surface area contributed by atoms with Gasteiger partial charge in [0.05, 0.1) is 0 Å². The molecule has 0 aliphatic carbocycles. The van der Waals surface area contributed by atoms with E-state index in [0.717, 1.165) is 13.1 Å². The molecule has 1 heterocycles. The van der Waals surface area contributed by atoms with Crippen LogP contribution in [0, 0.1) is 10.8 Å². The van der Waals surface area contributed by atoms with Gasteiger partial charge in [0.1, 0.15) is 0 Å². The summed E-state index contributed by atoms with van der Waals surface area (Å²) in [5, 5.41) is 18.6. The predicted molar refractivity (Wildman–Crippen MR) is 33.8 cm³/mol. The lowest BCUT2D eigenvalue weighted by Gasteiger charge is -1.92. The molecule has 0 radical (unpaired) electrons. The van der Waals surface area contributed by atoms with Crippen LogP contribution in [0.1, 0.15) is 6.42 Å². The molecule has 1 rings (SSSR count). The summed E-state index contributed by atoms with van der Waals surface area (Å²) in [6, 6.07) is 0. The van der Waals surface area contributed by atoms with Crippen LogP contribution in [-0.2, 0) is 0 Å². The van der Waals surface area contributed by atoms with Crippen LogP contribution in [0.5, 0.6) is 0 Å². The minimum absolute atomic E-state index is 1.14. The zero-order valence-corrected chi connectivity index (χ0v) is 5.43. The van der Waals surface area contributed by atoms with Crippen LogP contribution in [0.25, 0.3) is 0 Å². The van der Waals surface area contributed by atoms with Crippen LogP contribution in [0.2, 0.25) is 0 Å². The van der Waals surface area contributed by atoms with Gasteiger partial charge in [-0.15, -0.1) is 0 Å². The summed E-state index contributed by atoms with van der Waals surface area (Å²) in [5.74, 6) is 0. The second-order valence-corrected chi connectivity index (χ2v) is 1.85. The van der Waals surface area contributed by atoms with Crippen molar-refractivity contribution in [2.75, 3.05) is 26.2 Å². The highest BCUT2D eigenvalue weighted by Crippen LogP contribution is 1.75. The standard InChI is InChI=1S/C5H12N2.N2/c1-2-6-4-5-7-3-1;1-2/h6-7H,1-5H2;. The van der Waals surface area contributed by atoms with Crippen LogP contribution < -0.4 is 10.6 Å². The van der Waals surface area contributed by atoms with E-state index in [1.165, 1.54) is 19.5 Å². The van der Waals surface area contributed by atoms with E-state index in [-0.39, 0.29) is 0 Å². The number of rotatable bonds is 0. The molecule has 52 valence electrons. The zero-order chi connectivity index (χ0) is 6.95. The van der Waals surface area contributed by atoms with E-state index in [0.29, 0.717) is 0 Å². The van der Waals surface area contributed by atoms with Gasteiger partial charge < -0.3 is 10.6 Å². The fourth-order valence-corrected chi connectivity index (χ4v) is 0.765. The first-order valence-electron chi connectivity index (χ1n) is 3.11. The topological polar surface area (TPSA) is 71.6 Å². The van der Waals surface area contributed by atoms with Gasteiger partial charge in [-0.25, -0.2) is 0 Å². The van der Waals surface area contributed by atoms with Crippen LogP contribution in [0.4, 0.5) is 0 Å². The Morgan fingerprint density at radius 2 is 1.22 bits per heavy atom. The van der Waals surface area contributed by atoms with E-state index in [1.54, 1.807) is 0 Å². The Kier molecular flexibility index (Phi) is 6.80. The van der Waals surface area contributed by atoms with Crippen molar-refractivity contribution in [3.63, 3.8) is 0 Å². The van der Waals surface area contributed by atoms with E-state index in [1.807, 2.05) is 0 Å². The smallest absolute Gasteiger partial charge is 0.00767 e. The lowest BCUT2D eigenvalue weighted by Crippen LogP contribution is -2.21. The molecule has 0 amide bonds. The molecular weight excluding hydrogens is 116 g/mol. The lowest BCUT2D eigenvalue weighted by atomic mass is 10.4. The molecule has 9 heavy (non-hydrogen) atoms. The van der Waals surface area contributed by atoms with Gasteiger partial charge in [-0.1, -0.05) is 0 Å². The lowest BCUT2D eigenvalue weighted by molar-refractivity contribution is 0.718. The molecule has 1 aliphatic rings. The van der Waals surface area contributed by atoms with Crippen molar-refractivity contribution in [3.05, 3.63) is 0 Å². The van der Waals surface area contributed by atoms with E-state index in [4.69, 9.17) is 10.8 Å². The molecule has 1 saturated heterocycles. The maximum absolute atomic E-state index is 6.00. The highest BCUT2D eigenvalue weighted by Gasteiger charge is 1.92. The Hall–Kier alpha value is -0.660. The van der Waals surface area contributed by atoms with E-state index in [2.05, 4.69) is 10.6 Å². The molecule has 0 saturated carbocycles. The Balaban J connectivity index is 0.000000291. The van der Waals surface area contributed by atoms with Gasteiger partial charge in [-0.05, 0) is 19.5 Å². The molecule has 4 heteroatoms. The van der Waals surface area contributed by atoms with Crippen LogP contribution >= 0.6 is 0 Å². The van der Waals surface area contributed by atoms with Gasteiger partial charge in [0.2, 0.25) is 0 Å². The molecule has 0 bridgehead atoms. The first kappa shape index (κ1) is 8.34. The van der Waals surface area contributed by atoms with Crippen molar-refractivity contribution in [2.45, 2.75) is 6.42 Å². The Morgan fingerprint density at radius 3 is 1.67 bits per heavy atom. The summed E-state index contributed by atoms with van der Waals surface area (Å²) in [4.78, 5) is 0. The van der Waals surface area contributed by atoms with Gasteiger partial charge in [0.15, 0.2) is 0 Å². The van der Waals surface area contributed by atoms with Crippen LogP contribution in [-0.4, -0.2) is 26.2 Å². The fourth-order valence-electron chi connectivity index (χ4n) is 0.765. The highest BCUT2D eigenvalue weighted by atomic mass is 15.0. The van der Waals surface area contributed by atoms with Gasteiger partial charge in [0.25, 0.3) is 0 Å². The molecule has 1 aliphatic heterocycles. The average molecular weight is 128 g/mol. The molecule has 1 fully saturated rings. The van der Waals surface area contributed by atoms with Gasteiger partial charge in [-0.3, -0.25) is 0 Å². The van der Waals surface area contributed by atoms with Crippen LogP contribution in [0.3, 0.4) is 0 Å². The monoisotopic (exact) mass is 128 g/mol. The molecule has 0 aromatic rings. The third kappa shape index (κ3) is 5.21. The van der Waals surface area contributed by atoms with Crippen molar-refractivity contribution in [1.82, 2.24) is 10.6 Å². The van der Waals surface area contributed by atoms with Crippen molar-refractivity contribution < 1.29 is 0 Å². The Labute approximate surface area is 55.0 Å².